The van der Waals surface area contributed by atoms with Gasteiger partial charge < -0.3 is 0 Å². The summed E-state index contributed by atoms with van der Waals surface area (Å²) >= 11 is 6.13. The predicted molar refractivity (Wildman–Crippen MR) is 76.5 cm³/mol. The molecule has 1 aromatic rings. The standard InChI is InChI=1S/C16H16ClNO2/c1-8-2-5-11(7-12(8)17)18-15(19)13-9-3-4-10(6-9)14(13)16(18)20/h2,5,7,9-10,13-14H,3-4,6H2,1H3/t9-,10-,13-,14+/m1/s1. The summed E-state index contributed by atoms with van der Waals surface area (Å²) in [6, 6.07) is 5.41. The SMILES string of the molecule is Cc1ccc(N2C(=O)[C@@H]3[C@@H]4CC[C@H](C4)[C@@H]3C2=O)cc1Cl. The Morgan fingerprint density at radius 3 is 2.25 bits per heavy atom. The zero-order valence-corrected chi connectivity index (χ0v) is 12.1. The number of benzene rings is 1. The number of halogens is 1. The minimum atomic E-state index is -0.0682. The van der Waals surface area contributed by atoms with Crippen LogP contribution in [0.2, 0.25) is 5.02 Å². The molecule has 2 saturated carbocycles. The summed E-state index contributed by atoms with van der Waals surface area (Å²) < 4.78 is 0. The molecule has 104 valence electrons. The van der Waals surface area contributed by atoms with Crippen molar-refractivity contribution >= 4 is 29.1 Å². The van der Waals surface area contributed by atoms with Gasteiger partial charge in [-0.25, -0.2) is 4.90 Å². The van der Waals surface area contributed by atoms with Crippen molar-refractivity contribution in [1.29, 1.82) is 0 Å². The molecular formula is C16H16ClNO2. The third-order valence-corrected chi connectivity index (χ3v) is 5.75. The van der Waals surface area contributed by atoms with Gasteiger partial charge in [0.05, 0.1) is 17.5 Å². The molecule has 1 aliphatic heterocycles. The maximum Gasteiger partial charge on any atom is 0.237 e. The Kier molecular flexibility index (Phi) is 2.53. The highest BCUT2D eigenvalue weighted by atomic mass is 35.5. The van der Waals surface area contributed by atoms with Crippen LogP contribution in [0.5, 0.6) is 0 Å². The average molecular weight is 290 g/mol. The molecule has 4 heteroatoms. The van der Waals surface area contributed by atoms with Crippen molar-refractivity contribution in [1.82, 2.24) is 0 Å². The van der Waals surface area contributed by atoms with Gasteiger partial charge in [0.2, 0.25) is 11.8 Å². The number of imide groups is 1. The number of amides is 2. The smallest absolute Gasteiger partial charge is 0.237 e. The Balaban J connectivity index is 1.74. The van der Waals surface area contributed by atoms with E-state index in [0.29, 0.717) is 22.5 Å². The summed E-state index contributed by atoms with van der Waals surface area (Å²) in [4.78, 5) is 26.7. The summed E-state index contributed by atoms with van der Waals surface area (Å²) in [6.45, 7) is 1.91. The molecule has 2 amide bonds. The van der Waals surface area contributed by atoms with Gasteiger partial charge in [0.25, 0.3) is 0 Å². The molecule has 3 fully saturated rings. The van der Waals surface area contributed by atoms with Gasteiger partial charge in [0, 0.05) is 5.02 Å². The Bertz CT molecular complexity index is 599. The van der Waals surface area contributed by atoms with Crippen molar-refractivity contribution in [3.8, 4) is 0 Å². The number of rotatable bonds is 1. The van der Waals surface area contributed by atoms with Crippen LogP contribution >= 0.6 is 11.6 Å². The molecular weight excluding hydrogens is 274 g/mol. The van der Waals surface area contributed by atoms with Crippen LogP contribution in [0.4, 0.5) is 5.69 Å². The first-order chi connectivity index (χ1) is 9.58. The van der Waals surface area contributed by atoms with Crippen LogP contribution in [-0.2, 0) is 9.59 Å². The molecule has 0 unspecified atom stereocenters. The van der Waals surface area contributed by atoms with E-state index in [-0.39, 0.29) is 23.7 Å². The summed E-state index contributed by atoms with van der Waals surface area (Å²) in [5.74, 6) is 0.696. The van der Waals surface area contributed by atoms with Gasteiger partial charge in [-0.3, -0.25) is 9.59 Å². The first-order valence-electron chi connectivity index (χ1n) is 7.22. The molecule has 2 aliphatic carbocycles. The van der Waals surface area contributed by atoms with Gasteiger partial charge in [-0.05, 0) is 55.7 Å². The molecule has 0 aromatic heterocycles. The number of hydrogen-bond donors (Lipinski definition) is 0. The molecule has 4 rings (SSSR count). The minimum Gasteiger partial charge on any atom is -0.274 e. The fraction of sp³-hybridized carbons (Fsp3) is 0.500. The van der Waals surface area contributed by atoms with Crippen LogP contribution in [0.3, 0.4) is 0 Å². The monoisotopic (exact) mass is 289 g/mol. The van der Waals surface area contributed by atoms with Gasteiger partial charge in [0.15, 0.2) is 0 Å². The van der Waals surface area contributed by atoms with E-state index in [1.165, 1.54) is 4.90 Å². The van der Waals surface area contributed by atoms with Gasteiger partial charge in [0.1, 0.15) is 0 Å². The van der Waals surface area contributed by atoms with E-state index >= 15 is 0 Å². The predicted octanol–water partition coefficient (Wildman–Crippen LogP) is 3.18. The third-order valence-electron chi connectivity index (χ3n) is 5.34. The Labute approximate surface area is 122 Å². The minimum absolute atomic E-state index is 0.00730. The largest absolute Gasteiger partial charge is 0.274 e. The molecule has 2 bridgehead atoms. The lowest BCUT2D eigenvalue weighted by Crippen LogP contribution is -2.32. The maximum absolute atomic E-state index is 12.6. The number of anilines is 1. The highest BCUT2D eigenvalue weighted by Crippen LogP contribution is 2.56. The van der Waals surface area contributed by atoms with E-state index in [9.17, 15) is 9.59 Å². The summed E-state index contributed by atoms with van der Waals surface area (Å²) in [5, 5.41) is 0.600. The second-order valence-corrected chi connectivity index (χ2v) is 6.74. The van der Waals surface area contributed by atoms with Gasteiger partial charge in [-0.1, -0.05) is 17.7 Å². The lowest BCUT2D eigenvalue weighted by Gasteiger charge is -2.19. The zero-order valence-electron chi connectivity index (χ0n) is 11.3. The third kappa shape index (κ3) is 1.47. The number of hydrogen-bond acceptors (Lipinski definition) is 2. The van der Waals surface area contributed by atoms with E-state index in [0.717, 1.165) is 24.8 Å². The van der Waals surface area contributed by atoms with E-state index in [4.69, 9.17) is 11.6 Å². The van der Waals surface area contributed by atoms with Crippen molar-refractivity contribution in [3.05, 3.63) is 28.8 Å². The molecule has 0 N–H and O–H groups in total. The zero-order chi connectivity index (χ0) is 14.0. The number of carbonyl (C=O) groups is 2. The van der Waals surface area contributed by atoms with Crippen molar-refractivity contribution in [3.63, 3.8) is 0 Å². The van der Waals surface area contributed by atoms with E-state index in [1.54, 1.807) is 6.07 Å². The number of aryl methyl sites for hydroxylation is 1. The van der Waals surface area contributed by atoms with Crippen LogP contribution in [-0.4, -0.2) is 11.8 Å². The van der Waals surface area contributed by atoms with E-state index in [2.05, 4.69) is 0 Å². The van der Waals surface area contributed by atoms with Crippen LogP contribution < -0.4 is 4.90 Å². The van der Waals surface area contributed by atoms with E-state index in [1.807, 2.05) is 19.1 Å². The van der Waals surface area contributed by atoms with Crippen molar-refractivity contribution < 1.29 is 9.59 Å². The van der Waals surface area contributed by atoms with Crippen molar-refractivity contribution in [2.24, 2.45) is 23.7 Å². The molecule has 1 aromatic carbocycles. The Morgan fingerprint density at radius 2 is 1.70 bits per heavy atom. The van der Waals surface area contributed by atoms with Crippen molar-refractivity contribution in [2.45, 2.75) is 26.2 Å². The highest BCUT2D eigenvalue weighted by Gasteiger charge is 2.61. The quantitative estimate of drug-likeness (QED) is 0.745. The maximum atomic E-state index is 12.6. The summed E-state index contributed by atoms with van der Waals surface area (Å²) in [6.07, 6.45) is 3.27. The number of fused-ring (bicyclic) bond motifs is 5. The summed E-state index contributed by atoms with van der Waals surface area (Å²) in [7, 11) is 0. The fourth-order valence-corrected chi connectivity index (χ4v) is 4.56. The number of carbonyl (C=O) groups excluding carboxylic acids is 2. The van der Waals surface area contributed by atoms with Gasteiger partial charge >= 0.3 is 0 Å². The first-order valence-corrected chi connectivity index (χ1v) is 7.59. The van der Waals surface area contributed by atoms with Gasteiger partial charge in [-0.15, -0.1) is 0 Å². The summed E-state index contributed by atoms with van der Waals surface area (Å²) in [5.41, 5.74) is 1.58. The highest BCUT2D eigenvalue weighted by molar-refractivity contribution is 6.32. The molecule has 0 radical (unpaired) electrons. The van der Waals surface area contributed by atoms with Crippen LogP contribution in [0, 0.1) is 30.6 Å². The van der Waals surface area contributed by atoms with Crippen LogP contribution in [0.1, 0.15) is 24.8 Å². The first kappa shape index (κ1) is 12.4. The fourth-order valence-electron chi connectivity index (χ4n) is 4.38. The van der Waals surface area contributed by atoms with Crippen molar-refractivity contribution in [2.75, 3.05) is 4.90 Å². The molecule has 3 nitrogen and oxygen atoms in total. The van der Waals surface area contributed by atoms with Crippen LogP contribution in [0.15, 0.2) is 18.2 Å². The average Bonchev–Trinajstić information content (AvgIpc) is 3.08. The molecule has 20 heavy (non-hydrogen) atoms. The molecule has 1 heterocycles. The lowest BCUT2D eigenvalue weighted by atomic mass is 9.81. The molecule has 4 atom stereocenters. The van der Waals surface area contributed by atoms with Crippen LogP contribution in [0.25, 0.3) is 0 Å². The normalized spacial score (nSPS) is 35.0. The topological polar surface area (TPSA) is 37.4 Å². The second kappa shape index (κ2) is 4.08. The Hall–Kier alpha value is -1.35. The number of nitrogens with zero attached hydrogens (tertiary/aromatic N) is 1. The van der Waals surface area contributed by atoms with E-state index < -0.39 is 0 Å². The molecule has 0 spiro atoms. The lowest BCUT2D eigenvalue weighted by molar-refractivity contribution is -0.123. The van der Waals surface area contributed by atoms with Gasteiger partial charge in [-0.2, -0.15) is 0 Å². The molecule has 3 aliphatic rings. The second-order valence-electron chi connectivity index (χ2n) is 6.33. The Morgan fingerprint density at radius 1 is 1.10 bits per heavy atom. The molecule has 1 saturated heterocycles.